The molecule has 0 fully saturated rings. The van der Waals surface area contributed by atoms with Crippen molar-refractivity contribution < 1.29 is 14.6 Å². The molecule has 1 aromatic rings. The van der Waals surface area contributed by atoms with Gasteiger partial charge in [-0.2, -0.15) is 0 Å². The number of anilines is 1. The lowest BCUT2D eigenvalue weighted by molar-refractivity contribution is 0.0636. The monoisotopic (exact) mass is 252 g/mol. The van der Waals surface area contributed by atoms with E-state index in [9.17, 15) is 4.79 Å². The SMILES string of the molecule is CC(C)(C)OC(=O)Nc1ccc([C@@H](N)CO)cc1. The molecule has 0 heterocycles. The van der Waals surface area contributed by atoms with Crippen molar-refractivity contribution in [3.8, 4) is 0 Å². The molecule has 0 spiro atoms. The third-order valence-corrected chi connectivity index (χ3v) is 2.18. The quantitative estimate of drug-likeness (QED) is 0.768. The number of ether oxygens (including phenoxy) is 1. The second-order valence-electron chi connectivity index (χ2n) is 5.04. The van der Waals surface area contributed by atoms with Gasteiger partial charge in [0, 0.05) is 5.69 Å². The van der Waals surface area contributed by atoms with E-state index in [2.05, 4.69) is 5.32 Å². The van der Waals surface area contributed by atoms with E-state index in [0.29, 0.717) is 5.69 Å². The molecule has 18 heavy (non-hydrogen) atoms. The summed E-state index contributed by atoms with van der Waals surface area (Å²) in [6, 6.07) is 6.55. The molecule has 0 aliphatic carbocycles. The summed E-state index contributed by atoms with van der Waals surface area (Å²) < 4.78 is 5.13. The number of hydrogen-bond donors (Lipinski definition) is 3. The minimum atomic E-state index is -0.525. The van der Waals surface area contributed by atoms with Crippen LogP contribution in [-0.2, 0) is 4.74 Å². The van der Waals surface area contributed by atoms with E-state index in [1.54, 1.807) is 45.0 Å². The minimum Gasteiger partial charge on any atom is -0.444 e. The Hall–Kier alpha value is -1.59. The molecule has 0 saturated heterocycles. The first-order chi connectivity index (χ1) is 8.31. The van der Waals surface area contributed by atoms with Gasteiger partial charge in [-0.3, -0.25) is 5.32 Å². The first kappa shape index (κ1) is 14.5. The van der Waals surface area contributed by atoms with E-state index < -0.39 is 17.7 Å². The largest absolute Gasteiger partial charge is 0.444 e. The molecule has 1 rings (SSSR count). The number of nitrogens with one attached hydrogen (secondary N) is 1. The Morgan fingerprint density at radius 1 is 1.39 bits per heavy atom. The smallest absolute Gasteiger partial charge is 0.412 e. The minimum absolute atomic E-state index is 0.112. The fourth-order valence-electron chi connectivity index (χ4n) is 1.34. The molecular formula is C13H20N2O3. The summed E-state index contributed by atoms with van der Waals surface area (Å²) in [5.41, 5.74) is 6.58. The van der Waals surface area contributed by atoms with Gasteiger partial charge < -0.3 is 15.6 Å². The van der Waals surface area contributed by atoms with Gasteiger partial charge in [0.05, 0.1) is 12.6 Å². The van der Waals surface area contributed by atoms with E-state index >= 15 is 0 Å². The molecule has 0 radical (unpaired) electrons. The van der Waals surface area contributed by atoms with Gasteiger partial charge in [0.25, 0.3) is 0 Å². The van der Waals surface area contributed by atoms with Crippen molar-refractivity contribution in [2.24, 2.45) is 5.73 Å². The zero-order valence-electron chi connectivity index (χ0n) is 10.9. The van der Waals surface area contributed by atoms with E-state index in [1.165, 1.54) is 0 Å². The highest BCUT2D eigenvalue weighted by atomic mass is 16.6. The van der Waals surface area contributed by atoms with Gasteiger partial charge in [-0.25, -0.2) is 4.79 Å². The van der Waals surface area contributed by atoms with Crippen LogP contribution in [0.3, 0.4) is 0 Å². The van der Waals surface area contributed by atoms with Gasteiger partial charge in [-0.1, -0.05) is 12.1 Å². The fourth-order valence-corrected chi connectivity index (χ4v) is 1.34. The number of aliphatic hydroxyl groups is 1. The Balaban J connectivity index is 2.61. The normalized spacial score (nSPS) is 12.9. The molecule has 1 aromatic carbocycles. The molecular weight excluding hydrogens is 232 g/mol. The van der Waals surface area contributed by atoms with Crippen LogP contribution < -0.4 is 11.1 Å². The Morgan fingerprint density at radius 3 is 2.39 bits per heavy atom. The zero-order chi connectivity index (χ0) is 13.8. The predicted molar refractivity (Wildman–Crippen MR) is 70.3 cm³/mol. The molecule has 0 unspecified atom stereocenters. The van der Waals surface area contributed by atoms with Crippen molar-refractivity contribution in [2.75, 3.05) is 11.9 Å². The molecule has 1 atom stereocenters. The summed E-state index contributed by atoms with van der Waals surface area (Å²) >= 11 is 0. The highest BCUT2D eigenvalue weighted by Gasteiger charge is 2.16. The Kier molecular flexibility index (Phi) is 4.69. The maximum absolute atomic E-state index is 11.5. The Morgan fingerprint density at radius 2 is 1.94 bits per heavy atom. The Bertz CT molecular complexity index is 396. The molecule has 100 valence electrons. The third-order valence-electron chi connectivity index (χ3n) is 2.18. The number of carbonyl (C=O) groups excluding carboxylic acids is 1. The van der Waals surface area contributed by atoms with Crippen LogP contribution in [0.1, 0.15) is 32.4 Å². The fraction of sp³-hybridized carbons (Fsp3) is 0.462. The van der Waals surface area contributed by atoms with E-state index in [1.807, 2.05) is 0 Å². The number of benzene rings is 1. The maximum atomic E-state index is 11.5. The topological polar surface area (TPSA) is 84.6 Å². The molecule has 4 N–H and O–H groups in total. The van der Waals surface area contributed by atoms with Crippen LogP contribution >= 0.6 is 0 Å². The van der Waals surface area contributed by atoms with Crippen LogP contribution in [0.15, 0.2) is 24.3 Å². The summed E-state index contributed by atoms with van der Waals surface area (Å²) in [5.74, 6) is 0. The lowest BCUT2D eigenvalue weighted by Gasteiger charge is -2.19. The van der Waals surface area contributed by atoms with Crippen molar-refractivity contribution in [3.63, 3.8) is 0 Å². The van der Waals surface area contributed by atoms with Crippen LogP contribution in [0.25, 0.3) is 0 Å². The molecule has 5 nitrogen and oxygen atoms in total. The molecule has 0 saturated carbocycles. The number of hydrogen-bond acceptors (Lipinski definition) is 4. The summed E-state index contributed by atoms with van der Waals surface area (Å²) in [7, 11) is 0. The van der Waals surface area contributed by atoms with E-state index in [0.717, 1.165) is 5.56 Å². The molecule has 0 aromatic heterocycles. The maximum Gasteiger partial charge on any atom is 0.412 e. The highest BCUT2D eigenvalue weighted by molar-refractivity contribution is 5.84. The summed E-state index contributed by atoms with van der Waals surface area (Å²) in [6.07, 6.45) is -0.498. The zero-order valence-corrected chi connectivity index (χ0v) is 10.9. The summed E-state index contributed by atoms with van der Waals surface area (Å²) in [4.78, 5) is 11.5. The van der Waals surface area contributed by atoms with Gasteiger partial charge in [0.15, 0.2) is 0 Å². The summed E-state index contributed by atoms with van der Waals surface area (Å²) in [5, 5.41) is 11.5. The van der Waals surface area contributed by atoms with Crippen LogP contribution in [0.2, 0.25) is 0 Å². The summed E-state index contributed by atoms with van der Waals surface area (Å²) in [6.45, 7) is 5.29. The molecule has 0 aliphatic heterocycles. The number of nitrogens with two attached hydrogens (primary N) is 1. The van der Waals surface area contributed by atoms with Crippen LogP contribution in [0.4, 0.5) is 10.5 Å². The van der Waals surface area contributed by atoms with E-state index in [4.69, 9.17) is 15.6 Å². The number of rotatable bonds is 3. The molecule has 5 heteroatoms. The van der Waals surface area contributed by atoms with Gasteiger partial charge >= 0.3 is 6.09 Å². The molecule has 0 aliphatic rings. The standard InChI is InChI=1S/C13H20N2O3/c1-13(2,3)18-12(17)15-10-6-4-9(5-7-10)11(14)8-16/h4-7,11,16H,8,14H2,1-3H3,(H,15,17)/t11-/m0/s1. The number of amides is 1. The Labute approximate surface area is 107 Å². The van der Waals surface area contributed by atoms with Crippen LogP contribution in [-0.4, -0.2) is 23.4 Å². The molecule has 1 amide bonds. The van der Waals surface area contributed by atoms with Crippen LogP contribution in [0.5, 0.6) is 0 Å². The number of carbonyl (C=O) groups is 1. The van der Waals surface area contributed by atoms with Crippen molar-refractivity contribution in [1.82, 2.24) is 0 Å². The average molecular weight is 252 g/mol. The van der Waals surface area contributed by atoms with Crippen molar-refractivity contribution >= 4 is 11.8 Å². The average Bonchev–Trinajstić information content (AvgIpc) is 2.26. The first-order valence-electron chi connectivity index (χ1n) is 5.78. The second kappa shape index (κ2) is 5.84. The predicted octanol–water partition coefficient (Wildman–Crippen LogP) is 2.03. The number of aliphatic hydroxyl groups excluding tert-OH is 1. The lowest BCUT2D eigenvalue weighted by Crippen LogP contribution is -2.27. The molecule has 0 bridgehead atoms. The van der Waals surface area contributed by atoms with Crippen molar-refractivity contribution in [1.29, 1.82) is 0 Å². The third kappa shape index (κ3) is 4.73. The van der Waals surface area contributed by atoms with Crippen molar-refractivity contribution in [3.05, 3.63) is 29.8 Å². The van der Waals surface area contributed by atoms with E-state index in [-0.39, 0.29) is 6.61 Å². The second-order valence-corrected chi connectivity index (χ2v) is 5.04. The van der Waals surface area contributed by atoms with Gasteiger partial charge in [-0.05, 0) is 38.5 Å². The van der Waals surface area contributed by atoms with Crippen molar-refractivity contribution in [2.45, 2.75) is 32.4 Å². The van der Waals surface area contributed by atoms with Gasteiger partial charge in [-0.15, -0.1) is 0 Å². The van der Waals surface area contributed by atoms with Gasteiger partial charge in [0.1, 0.15) is 5.60 Å². The lowest BCUT2D eigenvalue weighted by atomic mass is 10.1. The highest BCUT2D eigenvalue weighted by Crippen LogP contribution is 2.15. The first-order valence-corrected chi connectivity index (χ1v) is 5.78. The van der Waals surface area contributed by atoms with Gasteiger partial charge in [0.2, 0.25) is 0 Å². The van der Waals surface area contributed by atoms with Crippen LogP contribution in [0, 0.1) is 0 Å².